The summed E-state index contributed by atoms with van der Waals surface area (Å²) in [4.78, 5) is 48.3. The lowest BCUT2D eigenvalue weighted by Gasteiger charge is -2.10. The van der Waals surface area contributed by atoms with Crippen molar-refractivity contribution in [1.82, 2.24) is 0 Å². The molecule has 0 bridgehead atoms. The average molecular weight is 482 g/mol. The van der Waals surface area contributed by atoms with Crippen molar-refractivity contribution in [3.05, 3.63) is 71.1 Å². The van der Waals surface area contributed by atoms with Crippen molar-refractivity contribution in [3.63, 3.8) is 0 Å². The van der Waals surface area contributed by atoms with Crippen LogP contribution in [0, 0.1) is 0 Å². The minimum absolute atomic E-state index is 0.129. The molecule has 1 amide bonds. The van der Waals surface area contributed by atoms with Crippen LogP contribution < -0.4 is 10.1 Å². The molecule has 1 heterocycles. The Bertz CT molecular complexity index is 1190. The number of ether oxygens (including phenoxy) is 3. The van der Waals surface area contributed by atoms with Gasteiger partial charge in [-0.25, -0.2) is 9.59 Å². The van der Waals surface area contributed by atoms with Crippen LogP contribution in [0.15, 0.2) is 60.0 Å². The fourth-order valence-electron chi connectivity index (χ4n) is 2.98. The molecule has 3 aromatic rings. The number of thiophene rings is 1. The molecular weight excluding hydrogens is 458 g/mol. The van der Waals surface area contributed by atoms with Gasteiger partial charge in [-0.3, -0.25) is 9.59 Å². The van der Waals surface area contributed by atoms with Gasteiger partial charge in [0.05, 0.1) is 6.61 Å². The summed E-state index contributed by atoms with van der Waals surface area (Å²) in [5, 5.41) is 4.67. The Morgan fingerprint density at radius 2 is 1.71 bits per heavy atom. The lowest BCUT2D eigenvalue weighted by molar-refractivity contribution is -0.149. The number of carbonyl (C=O) groups is 4. The van der Waals surface area contributed by atoms with Gasteiger partial charge < -0.3 is 19.5 Å². The zero-order valence-corrected chi connectivity index (χ0v) is 19.5. The number of amides is 1. The Hall–Kier alpha value is -3.98. The second-order valence-corrected chi connectivity index (χ2v) is 7.90. The molecule has 1 aromatic heterocycles. The molecule has 0 aliphatic heterocycles. The second-order valence-electron chi connectivity index (χ2n) is 7.02. The SMILES string of the molecule is CCOC(=O)c1c(-c2ccccc2)csc1NC(=O)COC(=O)COc1cccc(C(C)=O)c1. The number of anilines is 1. The van der Waals surface area contributed by atoms with Gasteiger partial charge in [-0.1, -0.05) is 42.5 Å². The molecule has 3 rings (SSSR count). The molecule has 0 spiro atoms. The van der Waals surface area contributed by atoms with E-state index >= 15 is 0 Å². The first kappa shape index (κ1) is 24.7. The second kappa shape index (κ2) is 11.8. The van der Waals surface area contributed by atoms with Crippen molar-refractivity contribution in [1.29, 1.82) is 0 Å². The molecule has 0 aliphatic carbocycles. The smallest absolute Gasteiger partial charge is 0.344 e. The van der Waals surface area contributed by atoms with Gasteiger partial charge in [0, 0.05) is 16.5 Å². The normalized spacial score (nSPS) is 10.3. The number of ketones is 1. The molecule has 2 aromatic carbocycles. The first-order chi connectivity index (χ1) is 16.4. The summed E-state index contributed by atoms with van der Waals surface area (Å²) in [6.07, 6.45) is 0. The van der Waals surface area contributed by atoms with Crippen LogP contribution in [0.25, 0.3) is 11.1 Å². The molecule has 8 nitrogen and oxygen atoms in total. The van der Waals surface area contributed by atoms with Crippen LogP contribution >= 0.6 is 11.3 Å². The third-order valence-electron chi connectivity index (χ3n) is 4.57. The molecule has 0 atom stereocenters. The number of hydrogen-bond acceptors (Lipinski definition) is 8. The van der Waals surface area contributed by atoms with Crippen LogP contribution in [-0.2, 0) is 19.1 Å². The maximum Gasteiger partial charge on any atom is 0.344 e. The van der Waals surface area contributed by atoms with E-state index in [-0.39, 0.29) is 18.0 Å². The summed E-state index contributed by atoms with van der Waals surface area (Å²) in [6, 6.07) is 15.6. The van der Waals surface area contributed by atoms with Crippen LogP contribution in [0.2, 0.25) is 0 Å². The van der Waals surface area contributed by atoms with Crippen molar-refractivity contribution in [2.24, 2.45) is 0 Å². The highest BCUT2D eigenvalue weighted by Crippen LogP contribution is 2.36. The van der Waals surface area contributed by atoms with E-state index < -0.39 is 31.1 Å². The predicted octanol–water partition coefficient (Wildman–Crippen LogP) is 4.36. The molecule has 0 fully saturated rings. The number of nitrogens with one attached hydrogen (secondary N) is 1. The van der Waals surface area contributed by atoms with Gasteiger partial charge in [0.2, 0.25) is 0 Å². The Kier molecular flexibility index (Phi) is 8.53. The van der Waals surface area contributed by atoms with Crippen molar-refractivity contribution in [2.45, 2.75) is 13.8 Å². The van der Waals surface area contributed by atoms with E-state index in [2.05, 4.69) is 5.32 Å². The highest BCUT2D eigenvalue weighted by molar-refractivity contribution is 7.15. The molecule has 0 unspecified atom stereocenters. The molecule has 34 heavy (non-hydrogen) atoms. The van der Waals surface area contributed by atoms with E-state index in [1.54, 1.807) is 30.5 Å². The molecule has 176 valence electrons. The van der Waals surface area contributed by atoms with E-state index in [1.807, 2.05) is 30.3 Å². The summed E-state index contributed by atoms with van der Waals surface area (Å²) in [5.41, 5.74) is 2.14. The van der Waals surface area contributed by atoms with Gasteiger partial charge in [0.15, 0.2) is 19.0 Å². The largest absolute Gasteiger partial charge is 0.482 e. The predicted molar refractivity (Wildman–Crippen MR) is 127 cm³/mol. The molecule has 1 N–H and O–H groups in total. The number of hydrogen-bond donors (Lipinski definition) is 1. The summed E-state index contributed by atoms with van der Waals surface area (Å²) < 4.78 is 15.4. The molecule has 0 aliphatic rings. The summed E-state index contributed by atoms with van der Waals surface area (Å²) in [7, 11) is 0. The van der Waals surface area contributed by atoms with Crippen LogP contribution in [0.4, 0.5) is 5.00 Å². The quantitative estimate of drug-likeness (QED) is 0.339. The fraction of sp³-hybridized carbons (Fsp3) is 0.200. The van der Waals surface area contributed by atoms with Crippen molar-refractivity contribution < 1.29 is 33.4 Å². The number of benzene rings is 2. The van der Waals surface area contributed by atoms with Crippen LogP contribution in [0.1, 0.15) is 34.6 Å². The average Bonchev–Trinajstić information content (AvgIpc) is 3.25. The summed E-state index contributed by atoms with van der Waals surface area (Å²) in [5.74, 6) is -1.73. The van der Waals surface area contributed by atoms with Gasteiger partial charge in [0.1, 0.15) is 16.3 Å². The Balaban J connectivity index is 1.59. The Labute approximate surface area is 200 Å². The van der Waals surface area contributed by atoms with Gasteiger partial charge in [-0.2, -0.15) is 0 Å². The maximum atomic E-state index is 12.6. The topological polar surface area (TPSA) is 108 Å². The third kappa shape index (κ3) is 6.52. The highest BCUT2D eigenvalue weighted by Gasteiger charge is 2.23. The van der Waals surface area contributed by atoms with Crippen LogP contribution in [0.3, 0.4) is 0 Å². The summed E-state index contributed by atoms with van der Waals surface area (Å²) in [6.45, 7) is 2.32. The summed E-state index contributed by atoms with van der Waals surface area (Å²) >= 11 is 1.17. The molecular formula is C25H23NO7S. The van der Waals surface area contributed by atoms with Gasteiger partial charge in [-0.05, 0) is 31.5 Å². The monoisotopic (exact) mass is 481 g/mol. The fourth-order valence-corrected chi connectivity index (χ4v) is 3.96. The number of carbonyl (C=O) groups excluding carboxylic acids is 4. The molecule has 0 radical (unpaired) electrons. The molecule has 9 heteroatoms. The Morgan fingerprint density at radius 3 is 2.41 bits per heavy atom. The molecule has 0 saturated carbocycles. The number of Topliss-reactive ketones (excluding diaryl/α,β-unsaturated/α-hetero) is 1. The lowest BCUT2D eigenvalue weighted by atomic mass is 10.0. The van der Waals surface area contributed by atoms with Crippen molar-refractivity contribution >= 4 is 40.0 Å². The van der Waals surface area contributed by atoms with Gasteiger partial charge in [0.25, 0.3) is 5.91 Å². The Morgan fingerprint density at radius 1 is 0.941 bits per heavy atom. The zero-order valence-electron chi connectivity index (χ0n) is 18.7. The van der Waals surface area contributed by atoms with Crippen molar-refractivity contribution in [2.75, 3.05) is 25.1 Å². The van der Waals surface area contributed by atoms with E-state index in [0.29, 0.717) is 21.9 Å². The van der Waals surface area contributed by atoms with Crippen LogP contribution in [-0.4, -0.2) is 43.4 Å². The van der Waals surface area contributed by atoms with E-state index in [0.717, 1.165) is 5.56 Å². The minimum Gasteiger partial charge on any atom is -0.482 e. The van der Waals surface area contributed by atoms with E-state index in [9.17, 15) is 19.2 Å². The minimum atomic E-state index is -0.759. The molecule has 0 saturated heterocycles. The zero-order chi connectivity index (χ0) is 24.5. The lowest BCUT2D eigenvalue weighted by Crippen LogP contribution is -2.24. The first-order valence-electron chi connectivity index (χ1n) is 10.4. The van der Waals surface area contributed by atoms with Crippen molar-refractivity contribution in [3.8, 4) is 16.9 Å². The van der Waals surface area contributed by atoms with Crippen LogP contribution in [0.5, 0.6) is 5.75 Å². The standard InChI is InChI=1S/C25H23NO7S/c1-3-31-25(30)23-20(17-8-5-4-6-9-17)15-34-24(23)26-21(28)13-33-22(29)14-32-19-11-7-10-18(12-19)16(2)27/h4-12,15H,3,13-14H2,1-2H3,(H,26,28). The number of esters is 2. The number of rotatable bonds is 10. The highest BCUT2D eigenvalue weighted by atomic mass is 32.1. The first-order valence-corrected chi connectivity index (χ1v) is 11.3. The maximum absolute atomic E-state index is 12.6. The third-order valence-corrected chi connectivity index (χ3v) is 5.47. The van der Waals surface area contributed by atoms with E-state index in [4.69, 9.17) is 14.2 Å². The van der Waals surface area contributed by atoms with Gasteiger partial charge >= 0.3 is 11.9 Å². The van der Waals surface area contributed by atoms with E-state index in [1.165, 1.54) is 24.3 Å². The van der Waals surface area contributed by atoms with Gasteiger partial charge in [-0.15, -0.1) is 11.3 Å².